The summed E-state index contributed by atoms with van der Waals surface area (Å²) in [6.07, 6.45) is 0.266. The third kappa shape index (κ3) is 4.37. The second-order valence-electron chi connectivity index (χ2n) is 8.30. The second-order valence-corrected chi connectivity index (χ2v) is 8.30. The van der Waals surface area contributed by atoms with Crippen molar-refractivity contribution in [2.75, 3.05) is 13.7 Å². The van der Waals surface area contributed by atoms with Crippen LogP contribution < -0.4 is 0 Å². The lowest BCUT2D eigenvalue weighted by Gasteiger charge is -2.25. The van der Waals surface area contributed by atoms with Crippen LogP contribution in [0.2, 0.25) is 0 Å². The molecule has 164 valence electrons. The first-order valence-electron chi connectivity index (χ1n) is 10.8. The van der Waals surface area contributed by atoms with E-state index in [4.69, 9.17) is 4.74 Å². The van der Waals surface area contributed by atoms with Crippen LogP contribution in [0.4, 0.5) is 4.79 Å². The van der Waals surface area contributed by atoms with Gasteiger partial charge >= 0.3 is 12.1 Å². The van der Waals surface area contributed by atoms with Gasteiger partial charge in [-0.1, -0.05) is 78.4 Å². The molecule has 1 amide bonds. The van der Waals surface area contributed by atoms with Crippen LogP contribution in [0.1, 0.15) is 34.6 Å². The van der Waals surface area contributed by atoms with E-state index in [1.807, 2.05) is 55.5 Å². The normalized spacial score (nSPS) is 13.2. The Hall–Kier alpha value is -3.60. The van der Waals surface area contributed by atoms with E-state index in [2.05, 4.69) is 24.3 Å². The molecule has 0 fully saturated rings. The maximum absolute atomic E-state index is 12.8. The fourth-order valence-corrected chi connectivity index (χ4v) is 4.48. The zero-order chi connectivity index (χ0) is 22.7. The molecule has 1 atom stereocenters. The summed E-state index contributed by atoms with van der Waals surface area (Å²) >= 11 is 0. The Morgan fingerprint density at radius 2 is 1.59 bits per heavy atom. The summed E-state index contributed by atoms with van der Waals surface area (Å²) in [4.78, 5) is 25.8. The van der Waals surface area contributed by atoms with Crippen LogP contribution in [-0.4, -0.2) is 41.8 Å². The number of carboxylic acid groups (broad SMARTS) is 1. The second kappa shape index (κ2) is 9.27. The molecule has 0 aromatic heterocycles. The van der Waals surface area contributed by atoms with Gasteiger partial charge in [0.15, 0.2) is 0 Å². The highest BCUT2D eigenvalue weighted by Crippen LogP contribution is 2.44. The highest BCUT2D eigenvalue weighted by atomic mass is 16.6. The summed E-state index contributed by atoms with van der Waals surface area (Å²) in [5, 5.41) is 9.72. The van der Waals surface area contributed by atoms with Crippen LogP contribution in [0.25, 0.3) is 11.1 Å². The van der Waals surface area contributed by atoms with Crippen molar-refractivity contribution >= 4 is 12.1 Å². The number of carboxylic acids is 1. The van der Waals surface area contributed by atoms with E-state index in [0.29, 0.717) is 12.8 Å². The van der Waals surface area contributed by atoms with Gasteiger partial charge in [0.2, 0.25) is 0 Å². The standard InChI is InChI=1S/C27H27NO4/c1-18-8-7-9-19(16-18)14-15-25(26(29)30)28(2)27(31)32-17-24-22-12-5-3-10-20(22)21-11-4-6-13-23(21)24/h3-13,16,24-25H,14-15,17H2,1-2H3,(H,29,30)/t25-/m0/s1. The van der Waals surface area contributed by atoms with Crippen molar-refractivity contribution in [2.24, 2.45) is 0 Å². The van der Waals surface area contributed by atoms with Gasteiger partial charge in [-0.2, -0.15) is 0 Å². The largest absolute Gasteiger partial charge is 0.480 e. The minimum absolute atomic E-state index is 0.0599. The molecule has 3 aromatic rings. The van der Waals surface area contributed by atoms with Gasteiger partial charge in [0, 0.05) is 13.0 Å². The van der Waals surface area contributed by atoms with Crippen LogP contribution in [0, 0.1) is 6.92 Å². The number of likely N-dealkylation sites (N-methyl/N-ethyl adjacent to an activating group) is 1. The lowest BCUT2D eigenvalue weighted by Crippen LogP contribution is -2.43. The first-order valence-corrected chi connectivity index (χ1v) is 10.8. The number of carbonyl (C=O) groups is 2. The predicted molar refractivity (Wildman–Crippen MR) is 124 cm³/mol. The quantitative estimate of drug-likeness (QED) is 0.556. The van der Waals surface area contributed by atoms with E-state index < -0.39 is 18.1 Å². The molecule has 0 spiro atoms. The lowest BCUT2D eigenvalue weighted by atomic mass is 9.98. The topological polar surface area (TPSA) is 66.8 Å². The lowest BCUT2D eigenvalue weighted by molar-refractivity contribution is -0.142. The van der Waals surface area contributed by atoms with Crippen molar-refractivity contribution in [3.8, 4) is 11.1 Å². The molecule has 32 heavy (non-hydrogen) atoms. The molecule has 4 rings (SSSR count). The minimum Gasteiger partial charge on any atom is -0.480 e. The van der Waals surface area contributed by atoms with Gasteiger partial charge in [-0.25, -0.2) is 9.59 Å². The average Bonchev–Trinajstić information content (AvgIpc) is 3.11. The molecule has 0 aliphatic heterocycles. The number of amides is 1. The number of aryl methyl sites for hydroxylation is 2. The molecule has 1 N–H and O–H groups in total. The number of benzene rings is 3. The van der Waals surface area contributed by atoms with Crippen molar-refractivity contribution in [3.05, 3.63) is 95.1 Å². The number of carbonyl (C=O) groups excluding carboxylic acids is 1. The number of nitrogens with zero attached hydrogens (tertiary/aromatic N) is 1. The maximum Gasteiger partial charge on any atom is 0.410 e. The molecule has 0 saturated heterocycles. The third-order valence-electron chi connectivity index (χ3n) is 6.17. The fraction of sp³-hybridized carbons (Fsp3) is 0.259. The predicted octanol–water partition coefficient (Wildman–Crippen LogP) is 5.26. The summed E-state index contributed by atoms with van der Waals surface area (Å²) in [5.41, 5.74) is 6.73. The van der Waals surface area contributed by atoms with E-state index >= 15 is 0 Å². The molecule has 0 bridgehead atoms. The van der Waals surface area contributed by atoms with Gasteiger partial charge in [-0.15, -0.1) is 0 Å². The smallest absolute Gasteiger partial charge is 0.410 e. The molecular formula is C27H27NO4. The Labute approximate surface area is 188 Å². The van der Waals surface area contributed by atoms with Gasteiger partial charge in [-0.05, 0) is 47.6 Å². The van der Waals surface area contributed by atoms with Crippen molar-refractivity contribution in [3.63, 3.8) is 0 Å². The summed E-state index contributed by atoms with van der Waals surface area (Å²) in [5.74, 6) is -1.09. The van der Waals surface area contributed by atoms with E-state index in [-0.39, 0.29) is 12.5 Å². The Balaban J connectivity index is 1.43. The number of ether oxygens (including phenoxy) is 1. The van der Waals surface area contributed by atoms with Gasteiger partial charge in [-0.3, -0.25) is 4.90 Å². The van der Waals surface area contributed by atoms with Crippen molar-refractivity contribution in [2.45, 2.75) is 31.7 Å². The molecule has 0 saturated carbocycles. The Morgan fingerprint density at radius 1 is 0.969 bits per heavy atom. The third-order valence-corrected chi connectivity index (χ3v) is 6.17. The van der Waals surface area contributed by atoms with E-state index in [1.165, 1.54) is 11.9 Å². The van der Waals surface area contributed by atoms with Crippen LogP contribution >= 0.6 is 0 Å². The SMILES string of the molecule is Cc1cccc(CC[C@@H](C(=O)O)N(C)C(=O)OCC2c3ccccc3-c3ccccc32)c1. The first-order chi connectivity index (χ1) is 15.5. The number of aliphatic carboxylic acids is 1. The molecule has 0 unspecified atom stereocenters. The Morgan fingerprint density at radius 3 is 2.19 bits per heavy atom. The number of rotatable bonds is 7. The fourth-order valence-electron chi connectivity index (χ4n) is 4.48. The van der Waals surface area contributed by atoms with Crippen molar-refractivity contribution < 1.29 is 19.4 Å². The molecule has 5 nitrogen and oxygen atoms in total. The average molecular weight is 430 g/mol. The summed E-state index contributed by atoms with van der Waals surface area (Å²) in [6.45, 7) is 2.17. The van der Waals surface area contributed by atoms with E-state index in [1.54, 1.807) is 0 Å². The molecule has 0 radical (unpaired) electrons. The number of hydrogen-bond acceptors (Lipinski definition) is 3. The van der Waals surface area contributed by atoms with Gasteiger partial charge in [0.1, 0.15) is 12.6 Å². The summed E-state index contributed by atoms with van der Waals surface area (Å²) in [7, 11) is 1.49. The van der Waals surface area contributed by atoms with E-state index in [0.717, 1.165) is 33.4 Å². The zero-order valence-electron chi connectivity index (χ0n) is 18.3. The van der Waals surface area contributed by atoms with Crippen LogP contribution in [0.5, 0.6) is 0 Å². The molecule has 5 heteroatoms. The molecule has 1 aliphatic rings. The van der Waals surface area contributed by atoms with Crippen LogP contribution in [0.3, 0.4) is 0 Å². The number of hydrogen-bond donors (Lipinski definition) is 1. The Bertz CT molecular complexity index is 1090. The summed E-state index contributed by atoms with van der Waals surface area (Å²) < 4.78 is 5.63. The Kier molecular flexibility index (Phi) is 6.26. The highest BCUT2D eigenvalue weighted by molar-refractivity contribution is 5.81. The van der Waals surface area contributed by atoms with Crippen molar-refractivity contribution in [1.82, 2.24) is 4.90 Å². The number of fused-ring (bicyclic) bond motifs is 3. The van der Waals surface area contributed by atoms with Crippen LogP contribution in [-0.2, 0) is 16.0 Å². The maximum atomic E-state index is 12.8. The zero-order valence-corrected chi connectivity index (χ0v) is 18.3. The van der Waals surface area contributed by atoms with Crippen molar-refractivity contribution in [1.29, 1.82) is 0 Å². The molecule has 3 aromatic carbocycles. The monoisotopic (exact) mass is 429 g/mol. The molecule has 1 aliphatic carbocycles. The highest BCUT2D eigenvalue weighted by Gasteiger charge is 2.31. The molecular weight excluding hydrogens is 402 g/mol. The van der Waals surface area contributed by atoms with Gasteiger partial charge in [0.05, 0.1) is 0 Å². The minimum atomic E-state index is -1.03. The van der Waals surface area contributed by atoms with Gasteiger partial charge < -0.3 is 9.84 Å². The molecule has 0 heterocycles. The first kappa shape index (κ1) is 21.6. The van der Waals surface area contributed by atoms with E-state index in [9.17, 15) is 14.7 Å². The van der Waals surface area contributed by atoms with Gasteiger partial charge in [0.25, 0.3) is 0 Å². The van der Waals surface area contributed by atoms with Crippen LogP contribution in [0.15, 0.2) is 72.8 Å². The summed E-state index contributed by atoms with van der Waals surface area (Å²) in [6, 6.07) is 23.2.